The molecule has 0 unspecified atom stereocenters. The third-order valence-electron chi connectivity index (χ3n) is 8.31. The molecule has 1 N–H and O–H groups in total. The molecule has 462 valence electrons. The Morgan fingerprint density at radius 3 is 1.00 bits per heavy atom. The number of pyridine rings is 6. The molecule has 6 aromatic rings. The number of carbonyl (C=O) groups excluding carboxylic acids is 17. The van der Waals surface area contributed by atoms with E-state index in [1.807, 2.05) is 52.0 Å². The summed E-state index contributed by atoms with van der Waals surface area (Å²) in [5.74, 6) is -2.85. The predicted molar refractivity (Wildman–Crippen MR) is 286 cm³/mol. The minimum absolute atomic E-state index is 0.0993. The van der Waals surface area contributed by atoms with E-state index in [1.165, 1.54) is 20.3 Å². The molecule has 0 aliphatic heterocycles. The second-order valence-corrected chi connectivity index (χ2v) is 13.7. The van der Waals surface area contributed by atoms with Crippen LogP contribution in [0, 0.1) is 6.92 Å². The van der Waals surface area contributed by atoms with Gasteiger partial charge in [-0.1, -0.05) is 57.2 Å². The summed E-state index contributed by atoms with van der Waals surface area (Å²) in [4.78, 5) is 186. The first-order chi connectivity index (χ1) is 41.7. The van der Waals surface area contributed by atoms with E-state index in [0.717, 1.165) is 41.8 Å². The Morgan fingerprint density at radius 1 is 0.379 bits per heavy atom. The number of rotatable bonds is 12. The van der Waals surface area contributed by atoms with E-state index in [9.17, 15) is 28.8 Å². The molecular weight excluding hydrogens is 1150 g/mol. The van der Waals surface area contributed by atoms with Crippen LogP contribution in [0.1, 0.15) is 127 Å². The maximum Gasteiger partial charge on any atom is 0.373 e. The van der Waals surface area contributed by atoms with Crippen molar-refractivity contribution in [3.05, 3.63) is 179 Å². The van der Waals surface area contributed by atoms with Crippen LogP contribution in [0.5, 0.6) is 0 Å². The Hall–Kier alpha value is -12.0. The molecule has 0 aliphatic carbocycles. The van der Waals surface area contributed by atoms with Crippen molar-refractivity contribution in [2.75, 3.05) is 34.0 Å². The van der Waals surface area contributed by atoms with Crippen LogP contribution >= 0.6 is 0 Å². The van der Waals surface area contributed by atoms with Crippen molar-refractivity contribution in [2.24, 2.45) is 0 Å². The highest BCUT2D eigenvalue weighted by Gasteiger charge is 2.09. The van der Waals surface area contributed by atoms with E-state index in [1.54, 1.807) is 112 Å². The van der Waals surface area contributed by atoms with Gasteiger partial charge in [-0.15, -0.1) is 0 Å². The van der Waals surface area contributed by atoms with Crippen molar-refractivity contribution < 1.29 is 115 Å². The lowest BCUT2D eigenvalue weighted by molar-refractivity contribution is -0.193. The Balaban J connectivity index is -0.000000214. The number of methoxy groups -OCH3 is 2. The minimum atomic E-state index is -0.979. The Morgan fingerprint density at radius 2 is 0.701 bits per heavy atom. The summed E-state index contributed by atoms with van der Waals surface area (Å²) in [6.07, 6.45) is 10.5. The predicted octanol–water partition coefficient (Wildman–Crippen LogP) is 4.79. The number of hydrogen-bond donors (Lipinski definition) is 1. The van der Waals surface area contributed by atoms with Crippen molar-refractivity contribution in [1.82, 2.24) is 29.9 Å². The van der Waals surface area contributed by atoms with E-state index < -0.39 is 17.9 Å². The SMILES string of the molecule is CCOC(=O)c1ccc(CC)cn1.CCOC(=O)c1cccc(CC)n1.CCOC(=O)c1ccccn1.CCc1ccc(C(=O)O)nc1.COC(=O)c1cccc(C)n1.COC(=O)c1ccccn1.O=C=O.O=C=O.O=C=O.O=C=O.O=C=O.O=C=O. The lowest BCUT2D eigenvalue weighted by atomic mass is 10.2. The van der Waals surface area contributed by atoms with Gasteiger partial charge in [-0.25, -0.2) is 58.7 Å². The molecule has 0 atom stereocenters. The van der Waals surface area contributed by atoms with Gasteiger partial charge in [0.05, 0.1) is 34.0 Å². The lowest BCUT2D eigenvalue weighted by Crippen LogP contribution is -2.07. The highest BCUT2D eigenvalue weighted by molar-refractivity contribution is 5.89. The van der Waals surface area contributed by atoms with Gasteiger partial charge in [-0.05, 0) is 119 Å². The summed E-state index contributed by atoms with van der Waals surface area (Å²) in [6, 6.07) is 27.7. The van der Waals surface area contributed by atoms with Gasteiger partial charge in [0.15, 0.2) is 0 Å². The number of aromatic carboxylic acids is 1. The monoisotopic (exact) mass is 1210 g/mol. The van der Waals surface area contributed by atoms with Crippen LogP contribution in [-0.4, -0.2) is 142 Å². The van der Waals surface area contributed by atoms with E-state index in [2.05, 4.69) is 39.4 Å². The van der Waals surface area contributed by atoms with E-state index in [0.29, 0.717) is 48.3 Å². The van der Waals surface area contributed by atoms with Gasteiger partial charge in [0.25, 0.3) is 0 Å². The summed E-state index contributed by atoms with van der Waals surface area (Å²) in [7, 11) is 2.67. The topological polar surface area (TPSA) is 451 Å². The van der Waals surface area contributed by atoms with Crippen LogP contribution in [0.15, 0.2) is 122 Å². The molecule has 0 fully saturated rings. The zero-order valence-corrected chi connectivity index (χ0v) is 48.3. The summed E-state index contributed by atoms with van der Waals surface area (Å²) in [5, 5.41) is 8.49. The fraction of sp³-hybridized carbons (Fsp3) is 0.263. The number of carboxylic acid groups (broad SMARTS) is 1. The average Bonchev–Trinajstić information content (AvgIpc) is 3.54. The number of aryl methyl sites for hydroxylation is 4. The molecule has 0 amide bonds. The maximum atomic E-state index is 11.2. The van der Waals surface area contributed by atoms with Crippen LogP contribution in [0.2, 0.25) is 0 Å². The van der Waals surface area contributed by atoms with Gasteiger partial charge in [-0.2, -0.15) is 57.5 Å². The molecule has 0 saturated carbocycles. The van der Waals surface area contributed by atoms with Gasteiger partial charge < -0.3 is 28.8 Å². The van der Waals surface area contributed by atoms with Crippen molar-refractivity contribution in [3.8, 4) is 0 Å². The zero-order valence-electron chi connectivity index (χ0n) is 48.3. The van der Waals surface area contributed by atoms with Crippen LogP contribution in [0.3, 0.4) is 0 Å². The van der Waals surface area contributed by atoms with Gasteiger partial charge in [0, 0.05) is 36.2 Å². The molecule has 6 heterocycles. The maximum absolute atomic E-state index is 11.2. The van der Waals surface area contributed by atoms with Crippen LogP contribution in [-0.2, 0) is 100 Å². The second kappa shape index (κ2) is 63.2. The van der Waals surface area contributed by atoms with Crippen molar-refractivity contribution >= 4 is 72.7 Å². The molecular formula is C57H60N6O24. The molecule has 87 heavy (non-hydrogen) atoms. The Kier molecular flexibility index (Phi) is 62.7. The summed E-state index contributed by atoms with van der Waals surface area (Å²) < 4.78 is 23.3. The zero-order chi connectivity index (χ0) is 67.6. The molecule has 30 heteroatoms. The molecule has 6 aromatic heterocycles. The molecule has 0 radical (unpaired) electrons. The Labute approximate surface area is 496 Å². The van der Waals surface area contributed by atoms with Gasteiger partial charge in [0.2, 0.25) is 0 Å². The number of ether oxygens (including phenoxy) is 5. The summed E-state index contributed by atoms with van der Waals surface area (Å²) in [6.45, 7) is 14.3. The number of carbonyl (C=O) groups is 6. The first-order valence-corrected chi connectivity index (χ1v) is 24.2. The fourth-order valence-corrected chi connectivity index (χ4v) is 4.75. The molecule has 0 saturated heterocycles. The van der Waals surface area contributed by atoms with Gasteiger partial charge in [-0.3, -0.25) is 0 Å². The minimum Gasteiger partial charge on any atom is -0.477 e. The van der Waals surface area contributed by atoms with Crippen LogP contribution < -0.4 is 0 Å². The summed E-state index contributed by atoms with van der Waals surface area (Å²) >= 11 is 0. The number of carboxylic acids is 1. The van der Waals surface area contributed by atoms with Crippen molar-refractivity contribution in [3.63, 3.8) is 0 Å². The molecule has 0 bridgehead atoms. The highest BCUT2D eigenvalue weighted by atomic mass is 16.5. The van der Waals surface area contributed by atoms with Crippen molar-refractivity contribution in [1.29, 1.82) is 0 Å². The Bertz CT molecular complexity index is 2960. The number of esters is 5. The highest BCUT2D eigenvalue weighted by Crippen LogP contribution is 2.05. The van der Waals surface area contributed by atoms with Gasteiger partial charge in [0.1, 0.15) is 34.2 Å². The second-order valence-electron chi connectivity index (χ2n) is 13.7. The third kappa shape index (κ3) is 50.7. The average molecular weight is 1210 g/mol. The van der Waals surface area contributed by atoms with E-state index in [4.69, 9.17) is 76.9 Å². The fourth-order valence-electron chi connectivity index (χ4n) is 4.75. The number of aromatic nitrogens is 6. The quantitative estimate of drug-likeness (QED) is 0.127. The molecule has 30 nitrogen and oxygen atoms in total. The standard InChI is InChI=1S/2C10H13NO2.3C8H9NO2.C7H7NO2.6CO2/c1-3-8-5-6-9(11-7-8)10(12)13-4-2;1-3-8-6-5-7-9(11-8)10(12)13-4-2;1-6-4-3-5-7(9-6)8(10)11-2;1-2-6-3-4-7(8(10)11)9-5-6;1-2-11-8(10)7-5-3-4-6-9-7;1-10-7(9)6-4-2-3-5-8-6;6*2-1-3/h2*5-7H,3-4H2,1-2H3;3-5H,1-2H3;3-5H,2H2,1H3,(H,10,11);3-6H,2H2,1H3;2-5H,1H3;;;;;;. The van der Waals surface area contributed by atoms with E-state index >= 15 is 0 Å². The first kappa shape index (κ1) is 86.3. The van der Waals surface area contributed by atoms with Crippen molar-refractivity contribution in [2.45, 2.75) is 67.7 Å². The van der Waals surface area contributed by atoms with Gasteiger partial charge >= 0.3 is 72.7 Å². The van der Waals surface area contributed by atoms with Crippen LogP contribution in [0.4, 0.5) is 0 Å². The molecule has 0 aromatic carbocycles. The summed E-state index contributed by atoms with van der Waals surface area (Å²) in [5.41, 5.74) is 5.80. The lowest BCUT2D eigenvalue weighted by Gasteiger charge is -2.01. The number of hydrogen-bond acceptors (Lipinski definition) is 29. The molecule has 0 aliphatic rings. The number of nitrogens with zero attached hydrogens (tertiary/aromatic N) is 6. The van der Waals surface area contributed by atoms with Crippen LogP contribution in [0.25, 0.3) is 0 Å². The largest absolute Gasteiger partial charge is 0.477 e. The smallest absolute Gasteiger partial charge is 0.373 e. The molecule has 0 spiro atoms. The first-order valence-electron chi connectivity index (χ1n) is 24.2. The molecule has 6 rings (SSSR count). The van der Waals surface area contributed by atoms with E-state index in [-0.39, 0.29) is 60.5 Å². The third-order valence-corrected chi connectivity index (χ3v) is 8.31. The normalized spacial score (nSPS) is 8.01.